The summed E-state index contributed by atoms with van der Waals surface area (Å²) in [4.78, 5) is 20.0. The van der Waals surface area contributed by atoms with Gasteiger partial charge in [-0.2, -0.15) is 4.73 Å². The van der Waals surface area contributed by atoms with Crippen molar-refractivity contribution in [1.29, 1.82) is 0 Å². The number of hydrogen-bond acceptors (Lipinski definition) is 3. The monoisotopic (exact) mass is 210 g/mol. The highest BCUT2D eigenvalue weighted by molar-refractivity contribution is 5.69. The first kappa shape index (κ1) is 11.8. The van der Waals surface area contributed by atoms with Gasteiger partial charge in [-0.1, -0.05) is 32.6 Å². The zero-order valence-corrected chi connectivity index (χ0v) is 9.19. The maximum atomic E-state index is 11.3. The summed E-state index contributed by atoms with van der Waals surface area (Å²) in [5.74, 6) is -0.190. The van der Waals surface area contributed by atoms with Crippen molar-refractivity contribution < 1.29 is 9.63 Å². The lowest BCUT2D eigenvalue weighted by Crippen LogP contribution is -2.17. The summed E-state index contributed by atoms with van der Waals surface area (Å²) in [6.07, 6.45) is 10.8. The smallest absolute Gasteiger partial charge is 0.332 e. The Morgan fingerprint density at radius 3 is 2.80 bits per heavy atom. The van der Waals surface area contributed by atoms with Crippen molar-refractivity contribution in [2.45, 2.75) is 45.4 Å². The van der Waals surface area contributed by atoms with Gasteiger partial charge in [0.25, 0.3) is 0 Å². The van der Waals surface area contributed by atoms with E-state index in [0.29, 0.717) is 6.42 Å². The van der Waals surface area contributed by atoms with Crippen molar-refractivity contribution in [3.8, 4) is 0 Å². The average molecular weight is 210 g/mol. The molecule has 4 nitrogen and oxygen atoms in total. The zero-order valence-electron chi connectivity index (χ0n) is 9.19. The molecule has 0 spiro atoms. The number of nitrogens with zero attached hydrogens (tertiary/aromatic N) is 2. The van der Waals surface area contributed by atoms with Crippen LogP contribution >= 0.6 is 0 Å². The lowest BCUT2D eigenvalue weighted by molar-refractivity contribution is -0.144. The van der Waals surface area contributed by atoms with Crippen LogP contribution in [0, 0.1) is 0 Å². The first-order chi connectivity index (χ1) is 7.33. The molecule has 0 radical (unpaired) electrons. The summed E-state index contributed by atoms with van der Waals surface area (Å²) in [6, 6.07) is 0. The molecule has 0 aromatic carbocycles. The van der Waals surface area contributed by atoms with Gasteiger partial charge in [-0.05, 0) is 6.42 Å². The maximum Gasteiger partial charge on any atom is 0.332 e. The van der Waals surface area contributed by atoms with Crippen LogP contribution in [0.25, 0.3) is 0 Å². The molecule has 0 aliphatic carbocycles. The Morgan fingerprint density at radius 2 is 2.13 bits per heavy atom. The first-order valence-corrected chi connectivity index (χ1v) is 5.52. The number of carbonyl (C=O) groups excluding carboxylic acids is 1. The predicted octanol–water partition coefficient (Wildman–Crippen LogP) is 2.20. The van der Waals surface area contributed by atoms with E-state index in [1.54, 1.807) is 12.4 Å². The molecule has 1 aromatic heterocycles. The molecular formula is C11H18N2O2. The second kappa shape index (κ2) is 7.04. The average Bonchev–Trinajstić information content (AvgIpc) is 2.70. The summed E-state index contributed by atoms with van der Waals surface area (Å²) in [5, 5.41) is 0. The standard InChI is InChI=1S/C11H18N2O2/c1-2-3-4-5-6-7-11(14)15-13-9-8-12-10-13/h8-10H,2-7H2,1H3. The summed E-state index contributed by atoms with van der Waals surface area (Å²) < 4.78 is 1.33. The lowest BCUT2D eigenvalue weighted by atomic mass is 10.1. The minimum absolute atomic E-state index is 0.190. The highest BCUT2D eigenvalue weighted by Crippen LogP contribution is 2.04. The van der Waals surface area contributed by atoms with Gasteiger partial charge in [-0.3, -0.25) is 0 Å². The molecule has 0 saturated carbocycles. The summed E-state index contributed by atoms with van der Waals surface area (Å²) in [7, 11) is 0. The third kappa shape index (κ3) is 5.20. The molecule has 1 rings (SSSR count). The Balaban J connectivity index is 2.04. The normalized spacial score (nSPS) is 10.2. The quantitative estimate of drug-likeness (QED) is 0.648. The van der Waals surface area contributed by atoms with Crippen LogP contribution in [0.5, 0.6) is 0 Å². The van der Waals surface area contributed by atoms with Crippen LogP contribution in [0.3, 0.4) is 0 Å². The van der Waals surface area contributed by atoms with Crippen molar-refractivity contribution in [3.63, 3.8) is 0 Å². The fourth-order valence-electron chi connectivity index (χ4n) is 1.34. The highest BCUT2D eigenvalue weighted by atomic mass is 16.7. The van der Waals surface area contributed by atoms with E-state index in [9.17, 15) is 4.79 Å². The molecular weight excluding hydrogens is 192 g/mol. The van der Waals surface area contributed by atoms with Crippen molar-refractivity contribution in [2.24, 2.45) is 0 Å². The molecule has 0 unspecified atom stereocenters. The molecule has 84 valence electrons. The number of carbonyl (C=O) groups is 1. The maximum absolute atomic E-state index is 11.3. The van der Waals surface area contributed by atoms with Crippen molar-refractivity contribution in [3.05, 3.63) is 18.7 Å². The van der Waals surface area contributed by atoms with Gasteiger partial charge in [0.2, 0.25) is 0 Å². The third-order valence-corrected chi connectivity index (χ3v) is 2.17. The molecule has 0 atom stereocenters. The number of rotatable bonds is 7. The van der Waals surface area contributed by atoms with E-state index >= 15 is 0 Å². The zero-order chi connectivity index (χ0) is 10.9. The van der Waals surface area contributed by atoms with Crippen molar-refractivity contribution in [1.82, 2.24) is 9.71 Å². The van der Waals surface area contributed by atoms with Crippen LogP contribution in [0.2, 0.25) is 0 Å². The Kier molecular flexibility index (Phi) is 5.51. The van der Waals surface area contributed by atoms with Gasteiger partial charge >= 0.3 is 5.97 Å². The van der Waals surface area contributed by atoms with E-state index in [4.69, 9.17) is 4.84 Å². The topological polar surface area (TPSA) is 44.1 Å². The van der Waals surface area contributed by atoms with Gasteiger partial charge < -0.3 is 4.84 Å². The van der Waals surface area contributed by atoms with Crippen LogP contribution in [0.1, 0.15) is 45.4 Å². The Labute approximate surface area is 90.2 Å². The van der Waals surface area contributed by atoms with Crippen molar-refractivity contribution in [2.75, 3.05) is 0 Å². The number of hydrogen-bond donors (Lipinski definition) is 0. The Morgan fingerprint density at radius 1 is 1.33 bits per heavy atom. The molecule has 0 amide bonds. The first-order valence-electron chi connectivity index (χ1n) is 5.52. The highest BCUT2D eigenvalue weighted by Gasteiger charge is 2.03. The molecule has 4 heteroatoms. The molecule has 0 fully saturated rings. The molecule has 0 aliphatic heterocycles. The van der Waals surface area contributed by atoms with Gasteiger partial charge in [0.15, 0.2) is 0 Å². The summed E-state index contributed by atoms with van der Waals surface area (Å²) >= 11 is 0. The number of unbranched alkanes of at least 4 members (excludes halogenated alkanes) is 4. The van der Waals surface area contributed by atoms with Gasteiger partial charge in [-0.25, -0.2) is 9.78 Å². The van der Waals surface area contributed by atoms with Crippen LogP contribution < -0.4 is 4.84 Å². The fourth-order valence-corrected chi connectivity index (χ4v) is 1.34. The van der Waals surface area contributed by atoms with Crippen LogP contribution in [0.15, 0.2) is 18.7 Å². The minimum Gasteiger partial charge on any atom is -0.336 e. The molecule has 1 aromatic rings. The van der Waals surface area contributed by atoms with Crippen LogP contribution in [-0.2, 0) is 4.79 Å². The molecule has 15 heavy (non-hydrogen) atoms. The summed E-state index contributed by atoms with van der Waals surface area (Å²) in [5.41, 5.74) is 0. The number of imidazole rings is 1. The van der Waals surface area contributed by atoms with Crippen molar-refractivity contribution >= 4 is 5.97 Å². The Bertz CT molecular complexity index is 270. The molecule has 0 bridgehead atoms. The molecule has 0 N–H and O–H groups in total. The van der Waals surface area contributed by atoms with E-state index in [-0.39, 0.29) is 5.97 Å². The van der Waals surface area contributed by atoms with E-state index in [0.717, 1.165) is 12.8 Å². The van der Waals surface area contributed by atoms with Gasteiger partial charge in [0.1, 0.15) is 6.33 Å². The van der Waals surface area contributed by atoms with Gasteiger partial charge in [-0.15, -0.1) is 0 Å². The van der Waals surface area contributed by atoms with E-state index in [1.807, 2.05) is 0 Å². The third-order valence-electron chi connectivity index (χ3n) is 2.17. The second-order valence-corrected chi connectivity index (χ2v) is 3.55. The second-order valence-electron chi connectivity index (χ2n) is 3.55. The molecule has 0 saturated heterocycles. The van der Waals surface area contributed by atoms with Gasteiger partial charge in [0.05, 0.1) is 6.20 Å². The summed E-state index contributed by atoms with van der Waals surface area (Å²) in [6.45, 7) is 2.17. The fraction of sp³-hybridized carbons (Fsp3) is 0.636. The van der Waals surface area contributed by atoms with E-state index in [1.165, 1.54) is 30.3 Å². The van der Waals surface area contributed by atoms with Crippen LogP contribution in [0.4, 0.5) is 0 Å². The van der Waals surface area contributed by atoms with Gasteiger partial charge in [0, 0.05) is 12.6 Å². The van der Waals surface area contributed by atoms with E-state index < -0.39 is 0 Å². The SMILES string of the molecule is CCCCCCCC(=O)On1ccnc1. The Hall–Kier alpha value is -1.32. The lowest BCUT2D eigenvalue weighted by Gasteiger charge is -2.02. The predicted molar refractivity (Wildman–Crippen MR) is 57.2 cm³/mol. The molecule has 1 heterocycles. The molecule has 0 aliphatic rings. The largest absolute Gasteiger partial charge is 0.336 e. The van der Waals surface area contributed by atoms with Crippen LogP contribution in [-0.4, -0.2) is 15.7 Å². The number of aromatic nitrogens is 2. The minimum atomic E-state index is -0.190. The van der Waals surface area contributed by atoms with E-state index in [2.05, 4.69) is 11.9 Å².